The molecular formula is C18H30ClIN4O2. The maximum atomic E-state index is 11.8. The van der Waals surface area contributed by atoms with E-state index in [4.69, 9.17) is 16.3 Å². The molecule has 6 nitrogen and oxygen atoms in total. The van der Waals surface area contributed by atoms with E-state index in [1.165, 1.54) is 4.90 Å². The van der Waals surface area contributed by atoms with Crippen molar-refractivity contribution in [3.63, 3.8) is 0 Å². The molecule has 0 aliphatic heterocycles. The summed E-state index contributed by atoms with van der Waals surface area (Å²) in [6.45, 7) is 4.82. The third kappa shape index (κ3) is 9.59. The lowest BCUT2D eigenvalue weighted by molar-refractivity contribution is -0.127. The van der Waals surface area contributed by atoms with Crippen LogP contribution >= 0.6 is 35.6 Å². The Morgan fingerprint density at radius 1 is 1.27 bits per heavy atom. The van der Waals surface area contributed by atoms with E-state index in [0.29, 0.717) is 25.7 Å². The molecule has 0 aliphatic carbocycles. The standard InChI is InChI=1S/C18H29ClN4O2.HI/c1-5-25-12-8-11-20-18(21-13-17(24)22(2)3)23(4)14-15-9-6-7-10-16(15)19;/h6-7,9-10H,5,8,11-14H2,1-4H3,(H,20,21);1H. The molecule has 1 N–H and O–H groups in total. The number of halogens is 2. The summed E-state index contributed by atoms with van der Waals surface area (Å²) in [5.74, 6) is 0.631. The van der Waals surface area contributed by atoms with Gasteiger partial charge in [-0.3, -0.25) is 4.79 Å². The van der Waals surface area contributed by atoms with Crippen molar-refractivity contribution < 1.29 is 9.53 Å². The van der Waals surface area contributed by atoms with Crippen molar-refractivity contribution in [3.05, 3.63) is 34.9 Å². The van der Waals surface area contributed by atoms with Crippen LogP contribution in [0.2, 0.25) is 5.02 Å². The Hall–Kier alpha value is -1.06. The Morgan fingerprint density at radius 3 is 2.58 bits per heavy atom. The number of carbonyl (C=O) groups is 1. The van der Waals surface area contributed by atoms with E-state index < -0.39 is 0 Å². The van der Waals surface area contributed by atoms with Crippen molar-refractivity contribution in [3.8, 4) is 0 Å². The van der Waals surface area contributed by atoms with Crippen LogP contribution in [0.25, 0.3) is 0 Å². The van der Waals surface area contributed by atoms with Crippen LogP contribution in [0.4, 0.5) is 0 Å². The minimum Gasteiger partial charge on any atom is -0.382 e. The van der Waals surface area contributed by atoms with E-state index in [2.05, 4.69) is 10.3 Å². The molecule has 0 atom stereocenters. The molecule has 0 heterocycles. The summed E-state index contributed by atoms with van der Waals surface area (Å²) in [5, 5.41) is 4.01. The first-order chi connectivity index (χ1) is 12.0. The topological polar surface area (TPSA) is 57.2 Å². The van der Waals surface area contributed by atoms with Crippen LogP contribution in [0.3, 0.4) is 0 Å². The molecule has 0 unspecified atom stereocenters. The van der Waals surface area contributed by atoms with Gasteiger partial charge in [-0.15, -0.1) is 24.0 Å². The molecule has 0 saturated heterocycles. The molecule has 0 aromatic heterocycles. The molecule has 1 amide bonds. The maximum absolute atomic E-state index is 11.8. The highest BCUT2D eigenvalue weighted by Gasteiger charge is 2.11. The second-order valence-electron chi connectivity index (χ2n) is 5.85. The van der Waals surface area contributed by atoms with E-state index in [1.807, 2.05) is 43.1 Å². The predicted molar refractivity (Wildman–Crippen MR) is 118 cm³/mol. The summed E-state index contributed by atoms with van der Waals surface area (Å²) in [6.07, 6.45) is 0.869. The van der Waals surface area contributed by atoms with E-state index >= 15 is 0 Å². The monoisotopic (exact) mass is 496 g/mol. The Labute approximate surface area is 178 Å². The van der Waals surface area contributed by atoms with E-state index in [0.717, 1.165) is 23.6 Å². The summed E-state index contributed by atoms with van der Waals surface area (Å²) in [6, 6.07) is 7.71. The molecule has 1 aromatic rings. The van der Waals surface area contributed by atoms with Crippen LogP contribution in [0.15, 0.2) is 29.3 Å². The number of hydrogen-bond acceptors (Lipinski definition) is 3. The third-order valence-corrected chi connectivity index (χ3v) is 3.91. The summed E-state index contributed by atoms with van der Waals surface area (Å²) in [4.78, 5) is 19.8. The Kier molecular flexibility index (Phi) is 13.5. The van der Waals surface area contributed by atoms with Gasteiger partial charge < -0.3 is 19.9 Å². The lowest BCUT2D eigenvalue weighted by Gasteiger charge is -2.23. The van der Waals surface area contributed by atoms with Gasteiger partial charge in [-0.05, 0) is 25.0 Å². The van der Waals surface area contributed by atoms with E-state index in [1.54, 1.807) is 14.1 Å². The van der Waals surface area contributed by atoms with Gasteiger partial charge in [0.05, 0.1) is 0 Å². The van der Waals surface area contributed by atoms with Crippen LogP contribution in [-0.4, -0.2) is 69.1 Å². The first kappa shape index (κ1) is 24.9. The Balaban J connectivity index is 0.00000625. The van der Waals surface area contributed by atoms with E-state index in [9.17, 15) is 4.79 Å². The van der Waals surface area contributed by atoms with Crippen molar-refractivity contribution in [1.29, 1.82) is 0 Å². The fraction of sp³-hybridized carbons (Fsp3) is 0.556. The number of rotatable bonds is 9. The summed E-state index contributed by atoms with van der Waals surface area (Å²) in [5.41, 5.74) is 1.01. The van der Waals surface area contributed by atoms with Crippen LogP contribution < -0.4 is 5.32 Å². The number of benzene rings is 1. The van der Waals surface area contributed by atoms with Crippen molar-refractivity contribution in [2.24, 2.45) is 4.99 Å². The normalized spacial score (nSPS) is 10.9. The average molecular weight is 497 g/mol. The first-order valence-corrected chi connectivity index (χ1v) is 8.84. The zero-order valence-corrected chi connectivity index (χ0v) is 19.1. The number of guanidine groups is 1. The Bertz CT molecular complexity index is 570. The summed E-state index contributed by atoms with van der Waals surface area (Å²) >= 11 is 6.24. The molecule has 0 aliphatic rings. The van der Waals surface area contributed by atoms with Crippen LogP contribution in [-0.2, 0) is 16.1 Å². The fourth-order valence-corrected chi connectivity index (χ4v) is 2.27. The van der Waals surface area contributed by atoms with Gasteiger partial charge >= 0.3 is 0 Å². The molecule has 1 aromatic carbocycles. The summed E-state index contributed by atoms with van der Waals surface area (Å²) in [7, 11) is 5.37. The molecule has 0 spiro atoms. The molecule has 0 radical (unpaired) electrons. The number of nitrogens with zero attached hydrogens (tertiary/aromatic N) is 3. The highest BCUT2D eigenvalue weighted by atomic mass is 127. The molecule has 8 heteroatoms. The van der Waals surface area contributed by atoms with Gasteiger partial charge in [-0.1, -0.05) is 29.8 Å². The number of amides is 1. The number of likely N-dealkylation sites (N-methyl/N-ethyl adjacent to an activating group) is 1. The molecule has 26 heavy (non-hydrogen) atoms. The molecule has 1 rings (SSSR count). The molecule has 148 valence electrons. The number of hydrogen-bond donors (Lipinski definition) is 1. The highest BCUT2D eigenvalue weighted by Crippen LogP contribution is 2.16. The fourth-order valence-electron chi connectivity index (χ4n) is 2.07. The molecule has 0 fully saturated rings. The predicted octanol–water partition coefficient (Wildman–Crippen LogP) is 2.85. The van der Waals surface area contributed by atoms with Crippen LogP contribution in [0.5, 0.6) is 0 Å². The highest BCUT2D eigenvalue weighted by molar-refractivity contribution is 14.0. The van der Waals surface area contributed by atoms with Gasteiger partial charge in [0.2, 0.25) is 5.91 Å². The van der Waals surface area contributed by atoms with Gasteiger partial charge in [0.1, 0.15) is 6.54 Å². The number of nitrogens with one attached hydrogen (secondary N) is 1. The second kappa shape index (κ2) is 14.1. The van der Waals surface area contributed by atoms with Crippen LogP contribution in [0.1, 0.15) is 18.9 Å². The zero-order valence-electron chi connectivity index (χ0n) is 16.0. The van der Waals surface area contributed by atoms with Crippen LogP contribution in [0, 0.1) is 0 Å². The van der Waals surface area contributed by atoms with Gasteiger partial charge in [0.25, 0.3) is 0 Å². The number of aliphatic imine (C=N–C) groups is 1. The lowest BCUT2D eigenvalue weighted by atomic mass is 10.2. The van der Waals surface area contributed by atoms with Gasteiger partial charge in [0, 0.05) is 52.5 Å². The number of carbonyl (C=O) groups excluding carboxylic acids is 1. The van der Waals surface area contributed by atoms with Crippen molar-refractivity contribution in [2.75, 3.05) is 47.4 Å². The molecule has 0 saturated carbocycles. The summed E-state index contributed by atoms with van der Waals surface area (Å²) < 4.78 is 5.35. The SMILES string of the molecule is CCOCCCNC(=NCC(=O)N(C)C)N(C)Cc1ccccc1Cl.I. The van der Waals surface area contributed by atoms with Gasteiger partial charge in [-0.2, -0.15) is 0 Å². The molecule has 0 bridgehead atoms. The smallest absolute Gasteiger partial charge is 0.243 e. The van der Waals surface area contributed by atoms with Crippen molar-refractivity contribution in [2.45, 2.75) is 19.9 Å². The number of ether oxygens (including phenoxy) is 1. The first-order valence-electron chi connectivity index (χ1n) is 8.46. The van der Waals surface area contributed by atoms with Crippen molar-refractivity contribution in [1.82, 2.24) is 15.1 Å². The largest absolute Gasteiger partial charge is 0.382 e. The second-order valence-corrected chi connectivity index (χ2v) is 6.26. The van der Waals surface area contributed by atoms with Gasteiger partial charge in [0.15, 0.2) is 5.96 Å². The quantitative estimate of drug-likeness (QED) is 0.247. The van der Waals surface area contributed by atoms with Gasteiger partial charge in [-0.25, -0.2) is 4.99 Å². The molecular weight excluding hydrogens is 467 g/mol. The minimum atomic E-state index is -0.0419. The van der Waals surface area contributed by atoms with Crippen molar-refractivity contribution >= 4 is 47.4 Å². The van der Waals surface area contributed by atoms with E-state index in [-0.39, 0.29) is 36.4 Å². The maximum Gasteiger partial charge on any atom is 0.243 e. The third-order valence-electron chi connectivity index (χ3n) is 3.54. The average Bonchev–Trinajstić information content (AvgIpc) is 2.58. The zero-order chi connectivity index (χ0) is 18.7. The Morgan fingerprint density at radius 2 is 1.96 bits per heavy atom. The minimum absolute atomic E-state index is 0. The lowest BCUT2D eigenvalue weighted by Crippen LogP contribution is -2.40.